The van der Waals surface area contributed by atoms with Crippen molar-refractivity contribution in [3.8, 4) is 0 Å². The van der Waals surface area contributed by atoms with Gasteiger partial charge < -0.3 is 10.8 Å². The molecule has 1 aliphatic carbocycles. The number of carbonyl (C=O) groups is 1. The number of halogens is 3. The fraction of sp³-hybridized carbons (Fsp3) is 0.389. The molecule has 0 aliphatic heterocycles. The zero-order valence-corrected chi connectivity index (χ0v) is 15.7. The second kappa shape index (κ2) is 7.39. The van der Waals surface area contributed by atoms with E-state index in [1.165, 1.54) is 12.2 Å². The molecular weight excluding hydrogens is 389 g/mol. The number of nitrogens with zero attached hydrogens (tertiary/aromatic N) is 5. The van der Waals surface area contributed by atoms with Crippen molar-refractivity contribution in [2.24, 2.45) is 11.7 Å². The van der Waals surface area contributed by atoms with E-state index in [2.05, 4.69) is 20.5 Å². The lowest BCUT2D eigenvalue weighted by atomic mass is 9.66. The van der Waals surface area contributed by atoms with E-state index in [9.17, 15) is 23.1 Å². The molecule has 0 spiro atoms. The number of tetrazole rings is 1. The number of pyridine rings is 1. The second-order valence-corrected chi connectivity index (χ2v) is 7.04. The van der Waals surface area contributed by atoms with Crippen molar-refractivity contribution in [3.63, 3.8) is 0 Å². The first-order valence-corrected chi connectivity index (χ1v) is 8.71. The summed E-state index contributed by atoms with van der Waals surface area (Å²) < 4.78 is 40.5. The third-order valence-electron chi connectivity index (χ3n) is 5.04. The number of hydrogen-bond acceptors (Lipinski definition) is 6. The lowest BCUT2D eigenvalue weighted by Crippen LogP contribution is -2.39. The Morgan fingerprint density at radius 2 is 2.14 bits per heavy atom. The van der Waals surface area contributed by atoms with Crippen molar-refractivity contribution < 1.29 is 23.1 Å². The molecule has 0 bridgehead atoms. The van der Waals surface area contributed by atoms with E-state index < -0.39 is 29.2 Å². The standard InChI is InChI=1S/C18H19F3N6O2/c1-10-3-4-14(23-8-10)17(11(2)9-28)6-12(15(22)29)5-13(7-17)27-16(18(19,20)21)24-25-26-27/h3-5,7-8,11,28H,6,9H2,1-2H3,(H2,22,29)/t11-,17?/m1/s1. The Labute approximate surface area is 163 Å². The van der Waals surface area contributed by atoms with Crippen LogP contribution in [0.1, 0.15) is 30.4 Å². The van der Waals surface area contributed by atoms with Gasteiger partial charge in [-0.1, -0.05) is 13.0 Å². The smallest absolute Gasteiger partial charge is 0.396 e. The van der Waals surface area contributed by atoms with Crippen molar-refractivity contribution >= 4 is 11.6 Å². The van der Waals surface area contributed by atoms with E-state index in [0.717, 1.165) is 5.56 Å². The Kier molecular flexibility index (Phi) is 5.26. The molecular formula is C18H19F3N6O2. The van der Waals surface area contributed by atoms with Crippen LogP contribution in [-0.2, 0) is 16.4 Å². The van der Waals surface area contributed by atoms with Gasteiger partial charge in [0.2, 0.25) is 5.91 Å². The number of aliphatic hydroxyl groups is 1. The summed E-state index contributed by atoms with van der Waals surface area (Å²) in [6.45, 7) is 3.25. The van der Waals surface area contributed by atoms with Crippen LogP contribution in [0.2, 0.25) is 0 Å². The van der Waals surface area contributed by atoms with Gasteiger partial charge >= 0.3 is 6.18 Å². The number of aliphatic hydroxyl groups excluding tert-OH is 1. The zero-order valence-electron chi connectivity index (χ0n) is 15.7. The van der Waals surface area contributed by atoms with E-state index in [0.29, 0.717) is 10.4 Å². The van der Waals surface area contributed by atoms with Crippen molar-refractivity contribution in [2.45, 2.75) is 31.9 Å². The Morgan fingerprint density at radius 1 is 1.41 bits per heavy atom. The average molecular weight is 408 g/mol. The lowest BCUT2D eigenvalue weighted by Gasteiger charge is -2.38. The zero-order chi connectivity index (χ0) is 21.4. The van der Waals surface area contributed by atoms with E-state index in [1.54, 1.807) is 25.3 Å². The summed E-state index contributed by atoms with van der Waals surface area (Å²) in [6.07, 6.45) is -0.411. The number of allylic oxidation sites excluding steroid dienone is 3. The number of amides is 1. The van der Waals surface area contributed by atoms with Crippen LogP contribution in [0.25, 0.3) is 5.70 Å². The molecule has 8 nitrogen and oxygen atoms in total. The van der Waals surface area contributed by atoms with Gasteiger partial charge in [-0.25, -0.2) is 0 Å². The summed E-state index contributed by atoms with van der Waals surface area (Å²) in [7, 11) is 0. The summed E-state index contributed by atoms with van der Waals surface area (Å²) in [6, 6.07) is 3.51. The van der Waals surface area contributed by atoms with Gasteiger partial charge in [-0.05, 0) is 53.5 Å². The largest absolute Gasteiger partial charge is 0.453 e. The first-order valence-electron chi connectivity index (χ1n) is 8.71. The average Bonchev–Trinajstić information content (AvgIpc) is 3.18. The number of alkyl halides is 3. The monoisotopic (exact) mass is 408 g/mol. The highest BCUT2D eigenvalue weighted by Gasteiger charge is 2.44. The van der Waals surface area contributed by atoms with Crippen molar-refractivity contribution in [3.05, 3.63) is 53.1 Å². The van der Waals surface area contributed by atoms with Crippen LogP contribution in [0, 0.1) is 12.8 Å². The summed E-state index contributed by atoms with van der Waals surface area (Å²) >= 11 is 0. The third-order valence-corrected chi connectivity index (χ3v) is 5.04. The molecule has 2 aromatic rings. The lowest BCUT2D eigenvalue weighted by molar-refractivity contribution is -0.146. The quantitative estimate of drug-likeness (QED) is 0.776. The fourth-order valence-electron chi connectivity index (χ4n) is 3.36. The Bertz CT molecular complexity index is 980. The second-order valence-electron chi connectivity index (χ2n) is 7.04. The number of primary amides is 1. The Hall–Kier alpha value is -3.08. The molecule has 2 aromatic heterocycles. The van der Waals surface area contributed by atoms with Gasteiger partial charge in [0.1, 0.15) is 0 Å². The maximum absolute atomic E-state index is 13.3. The molecule has 2 atom stereocenters. The van der Waals surface area contributed by atoms with Crippen LogP contribution in [-0.4, -0.2) is 42.8 Å². The maximum Gasteiger partial charge on any atom is 0.453 e. The summed E-state index contributed by atoms with van der Waals surface area (Å²) in [5.41, 5.74) is 5.74. The molecule has 29 heavy (non-hydrogen) atoms. The topological polar surface area (TPSA) is 120 Å². The van der Waals surface area contributed by atoms with Crippen LogP contribution < -0.4 is 5.73 Å². The van der Waals surface area contributed by atoms with Gasteiger partial charge in [-0.3, -0.25) is 9.78 Å². The highest BCUT2D eigenvalue weighted by molar-refractivity contribution is 5.95. The minimum absolute atomic E-state index is 0.0626. The number of rotatable bonds is 5. The summed E-state index contributed by atoms with van der Waals surface area (Å²) in [5.74, 6) is -2.63. The van der Waals surface area contributed by atoms with Gasteiger partial charge in [0.25, 0.3) is 5.82 Å². The number of hydrogen-bond donors (Lipinski definition) is 2. The summed E-state index contributed by atoms with van der Waals surface area (Å²) in [5, 5.41) is 19.5. The van der Waals surface area contributed by atoms with Crippen LogP contribution in [0.4, 0.5) is 13.2 Å². The van der Waals surface area contributed by atoms with Crippen LogP contribution >= 0.6 is 0 Å². The minimum atomic E-state index is -4.81. The van der Waals surface area contributed by atoms with E-state index in [-0.39, 0.29) is 24.3 Å². The van der Waals surface area contributed by atoms with Gasteiger partial charge in [-0.2, -0.15) is 17.9 Å². The van der Waals surface area contributed by atoms with Crippen molar-refractivity contribution in [1.82, 2.24) is 25.2 Å². The fourth-order valence-corrected chi connectivity index (χ4v) is 3.36. The number of carbonyl (C=O) groups excluding carboxylic acids is 1. The summed E-state index contributed by atoms with van der Waals surface area (Å²) in [4.78, 5) is 16.4. The molecule has 3 N–H and O–H groups in total. The minimum Gasteiger partial charge on any atom is -0.396 e. The molecule has 2 heterocycles. The number of aryl methyl sites for hydroxylation is 1. The van der Waals surface area contributed by atoms with Gasteiger partial charge in [-0.15, -0.1) is 5.10 Å². The molecule has 1 unspecified atom stereocenters. The molecule has 1 aliphatic rings. The van der Waals surface area contributed by atoms with Gasteiger partial charge in [0.05, 0.1) is 11.4 Å². The predicted octanol–water partition coefficient (Wildman–Crippen LogP) is 1.62. The van der Waals surface area contributed by atoms with E-state index in [4.69, 9.17) is 5.73 Å². The maximum atomic E-state index is 13.3. The van der Waals surface area contributed by atoms with E-state index >= 15 is 0 Å². The highest BCUT2D eigenvalue weighted by Crippen LogP contribution is 2.44. The van der Waals surface area contributed by atoms with E-state index in [1.807, 2.05) is 6.92 Å². The number of nitrogens with two attached hydrogens (primary N) is 1. The molecule has 11 heteroatoms. The third kappa shape index (κ3) is 3.77. The Morgan fingerprint density at radius 3 is 2.69 bits per heavy atom. The first kappa shape index (κ1) is 20.6. The molecule has 0 fully saturated rings. The Balaban J connectivity index is 2.27. The normalized spacial score (nSPS) is 20.8. The first-order chi connectivity index (χ1) is 13.6. The van der Waals surface area contributed by atoms with Gasteiger partial charge in [0, 0.05) is 23.8 Å². The van der Waals surface area contributed by atoms with Crippen LogP contribution in [0.5, 0.6) is 0 Å². The van der Waals surface area contributed by atoms with Crippen LogP contribution in [0.15, 0.2) is 36.1 Å². The number of aromatic nitrogens is 5. The molecule has 0 saturated heterocycles. The van der Waals surface area contributed by atoms with Crippen molar-refractivity contribution in [1.29, 1.82) is 0 Å². The molecule has 0 saturated carbocycles. The molecule has 0 aromatic carbocycles. The van der Waals surface area contributed by atoms with Gasteiger partial charge in [0.15, 0.2) is 0 Å². The molecule has 3 rings (SSSR count). The van der Waals surface area contributed by atoms with Crippen LogP contribution in [0.3, 0.4) is 0 Å². The highest BCUT2D eigenvalue weighted by atomic mass is 19.4. The molecule has 1 amide bonds. The molecule has 0 radical (unpaired) electrons. The predicted molar refractivity (Wildman–Crippen MR) is 95.9 cm³/mol. The molecule has 154 valence electrons. The SMILES string of the molecule is Cc1ccc(C2([C@H](C)CO)C=C(n3nnnc3C(F)(F)F)C=C(C(N)=O)C2)nc1. The van der Waals surface area contributed by atoms with Crippen molar-refractivity contribution in [2.75, 3.05) is 6.61 Å².